The fraction of sp³-hybridized carbons (Fsp3) is 0.353. The molecule has 2 rings (SSSR count). The molecule has 2 aromatic rings. The number of hydrogen-bond acceptors (Lipinski definition) is 2. The van der Waals surface area contributed by atoms with Crippen LogP contribution in [0.1, 0.15) is 36.2 Å². The van der Waals surface area contributed by atoms with Crippen molar-refractivity contribution in [3.63, 3.8) is 0 Å². The molecule has 2 nitrogen and oxygen atoms in total. The Bertz CT molecular complexity index is 584. The number of rotatable bonds is 6. The molecule has 1 atom stereocenters. The molecule has 1 heterocycles. The zero-order valence-electron chi connectivity index (χ0n) is 12.4. The minimum Gasteiger partial charge on any atom is -0.310 e. The molecule has 1 unspecified atom stereocenters. The highest BCUT2D eigenvalue weighted by Crippen LogP contribution is 2.22. The molecule has 0 spiro atoms. The summed E-state index contributed by atoms with van der Waals surface area (Å²) in [7, 11) is 0. The van der Waals surface area contributed by atoms with Crippen molar-refractivity contribution in [2.24, 2.45) is 0 Å². The van der Waals surface area contributed by atoms with Crippen molar-refractivity contribution in [1.82, 2.24) is 10.3 Å². The van der Waals surface area contributed by atoms with Crippen molar-refractivity contribution >= 4 is 15.9 Å². The third-order valence-electron chi connectivity index (χ3n) is 3.45. The quantitative estimate of drug-likeness (QED) is 0.824. The van der Waals surface area contributed by atoms with Gasteiger partial charge in [0.1, 0.15) is 5.82 Å². The zero-order valence-corrected chi connectivity index (χ0v) is 14.0. The largest absolute Gasteiger partial charge is 0.310 e. The lowest BCUT2D eigenvalue weighted by atomic mass is 9.97. The van der Waals surface area contributed by atoms with Crippen molar-refractivity contribution in [3.05, 3.63) is 63.6 Å². The molecule has 1 aromatic carbocycles. The number of benzene rings is 1. The second-order valence-electron chi connectivity index (χ2n) is 5.18. The predicted octanol–water partition coefficient (Wildman–Crippen LogP) is 4.58. The summed E-state index contributed by atoms with van der Waals surface area (Å²) in [5.41, 5.74) is 3.13. The summed E-state index contributed by atoms with van der Waals surface area (Å²) in [6, 6.07) is 9.15. The monoisotopic (exact) mass is 350 g/mol. The van der Waals surface area contributed by atoms with Crippen LogP contribution in [0.3, 0.4) is 0 Å². The summed E-state index contributed by atoms with van der Waals surface area (Å²) in [6.45, 7) is 5.02. The Morgan fingerprint density at radius 1 is 1.29 bits per heavy atom. The second-order valence-corrected chi connectivity index (χ2v) is 6.10. The number of hydrogen-bond donors (Lipinski definition) is 1. The van der Waals surface area contributed by atoms with E-state index >= 15 is 0 Å². The van der Waals surface area contributed by atoms with Crippen molar-refractivity contribution in [1.29, 1.82) is 0 Å². The fourth-order valence-corrected chi connectivity index (χ4v) is 2.61. The SMILES string of the molecule is CCCNC(Cc1ccc(Br)cn1)c1ccc(F)cc1C. The molecule has 4 heteroatoms. The van der Waals surface area contributed by atoms with Crippen LogP contribution in [0.5, 0.6) is 0 Å². The molecule has 0 saturated carbocycles. The summed E-state index contributed by atoms with van der Waals surface area (Å²) < 4.78 is 14.3. The molecular formula is C17H20BrFN2. The highest BCUT2D eigenvalue weighted by Gasteiger charge is 2.15. The predicted molar refractivity (Wildman–Crippen MR) is 87.8 cm³/mol. The maximum atomic E-state index is 13.3. The summed E-state index contributed by atoms with van der Waals surface area (Å²) in [5.74, 6) is -0.188. The molecule has 0 aliphatic rings. The van der Waals surface area contributed by atoms with Crippen LogP contribution in [-0.2, 0) is 6.42 Å². The van der Waals surface area contributed by atoms with E-state index in [2.05, 4.69) is 33.2 Å². The van der Waals surface area contributed by atoms with Crippen LogP contribution in [-0.4, -0.2) is 11.5 Å². The first-order chi connectivity index (χ1) is 10.1. The summed E-state index contributed by atoms with van der Waals surface area (Å²) in [5, 5.41) is 3.53. The topological polar surface area (TPSA) is 24.9 Å². The van der Waals surface area contributed by atoms with Gasteiger partial charge in [0.05, 0.1) is 0 Å². The highest BCUT2D eigenvalue weighted by atomic mass is 79.9. The first-order valence-corrected chi connectivity index (χ1v) is 7.99. The van der Waals surface area contributed by atoms with Crippen molar-refractivity contribution in [2.45, 2.75) is 32.7 Å². The minimum absolute atomic E-state index is 0.152. The summed E-state index contributed by atoms with van der Waals surface area (Å²) in [4.78, 5) is 4.44. The molecule has 1 aromatic heterocycles. The first-order valence-electron chi connectivity index (χ1n) is 7.20. The molecule has 0 fully saturated rings. The standard InChI is InChI=1S/C17H20BrFN2/c1-3-8-20-17(10-15-6-4-13(18)11-21-15)16-7-5-14(19)9-12(16)2/h4-7,9,11,17,20H,3,8,10H2,1-2H3. The Kier molecular flexibility index (Phi) is 5.88. The van der Waals surface area contributed by atoms with Crippen LogP contribution < -0.4 is 5.32 Å². The van der Waals surface area contributed by atoms with Gasteiger partial charge in [-0.1, -0.05) is 13.0 Å². The van der Waals surface area contributed by atoms with Gasteiger partial charge in [0, 0.05) is 28.8 Å². The maximum Gasteiger partial charge on any atom is 0.123 e. The molecule has 1 N–H and O–H groups in total. The van der Waals surface area contributed by atoms with Gasteiger partial charge >= 0.3 is 0 Å². The fourth-order valence-electron chi connectivity index (χ4n) is 2.38. The molecular weight excluding hydrogens is 331 g/mol. The highest BCUT2D eigenvalue weighted by molar-refractivity contribution is 9.10. The van der Waals surface area contributed by atoms with Gasteiger partial charge in [-0.15, -0.1) is 0 Å². The van der Waals surface area contributed by atoms with Crippen molar-refractivity contribution in [2.75, 3.05) is 6.54 Å². The summed E-state index contributed by atoms with van der Waals surface area (Å²) >= 11 is 3.40. The lowest BCUT2D eigenvalue weighted by Gasteiger charge is -2.21. The van der Waals surface area contributed by atoms with E-state index in [9.17, 15) is 4.39 Å². The first kappa shape index (κ1) is 16.1. The van der Waals surface area contributed by atoms with Crippen LogP contribution in [0.4, 0.5) is 4.39 Å². The Morgan fingerprint density at radius 3 is 2.71 bits per heavy atom. The molecule has 0 aliphatic carbocycles. The lowest BCUT2D eigenvalue weighted by Crippen LogP contribution is -2.25. The van der Waals surface area contributed by atoms with Gasteiger partial charge in [-0.25, -0.2) is 4.39 Å². The number of aromatic nitrogens is 1. The van der Waals surface area contributed by atoms with Crippen LogP contribution in [0.25, 0.3) is 0 Å². The summed E-state index contributed by atoms with van der Waals surface area (Å²) in [6.07, 6.45) is 3.66. The number of nitrogens with one attached hydrogen (secondary N) is 1. The van der Waals surface area contributed by atoms with E-state index in [-0.39, 0.29) is 11.9 Å². The number of aryl methyl sites for hydroxylation is 1. The Balaban J connectivity index is 2.22. The molecule has 0 radical (unpaired) electrons. The lowest BCUT2D eigenvalue weighted by molar-refractivity contribution is 0.520. The van der Waals surface area contributed by atoms with E-state index in [0.717, 1.165) is 40.7 Å². The average molecular weight is 351 g/mol. The van der Waals surface area contributed by atoms with Crippen LogP contribution in [0, 0.1) is 12.7 Å². The van der Waals surface area contributed by atoms with E-state index in [4.69, 9.17) is 0 Å². The van der Waals surface area contributed by atoms with E-state index in [1.807, 2.05) is 31.3 Å². The van der Waals surface area contributed by atoms with E-state index < -0.39 is 0 Å². The Morgan fingerprint density at radius 2 is 2.10 bits per heavy atom. The van der Waals surface area contributed by atoms with Gasteiger partial charge in [-0.2, -0.15) is 0 Å². The van der Waals surface area contributed by atoms with Gasteiger partial charge in [-0.3, -0.25) is 4.98 Å². The smallest absolute Gasteiger partial charge is 0.123 e. The second kappa shape index (κ2) is 7.66. The van der Waals surface area contributed by atoms with Crippen LogP contribution >= 0.6 is 15.9 Å². The third-order valence-corrected chi connectivity index (χ3v) is 3.92. The normalized spacial score (nSPS) is 12.4. The van der Waals surface area contributed by atoms with Crippen molar-refractivity contribution < 1.29 is 4.39 Å². The molecule has 0 bridgehead atoms. The van der Waals surface area contributed by atoms with Crippen LogP contribution in [0.15, 0.2) is 41.0 Å². The Hall–Kier alpha value is -1.26. The van der Waals surface area contributed by atoms with Gasteiger partial charge in [0.2, 0.25) is 0 Å². The van der Waals surface area contributed by atoms with Crippen molar-refractivity contribution in [3.8, 4) is 0 Å². The maximum absolute atomic E-state index is 13.3. The van der Waals surface area contributed by atoms with Gasteiger partial charge in [-0.05, 0) is 71.2 Å². The number of nitrogens with zero attached hydrogens (tertiary/aromatic N) is 1. The van der Waals surface area contributed by atoms with Gasteiger partial charge < -0.3 is 5.32 Å². The van der Waals surface area contributed by atoms with Gasteiger partial charge in [0.25, 0.3) is 0 Å². The number of pyridine rings is 1. The van der Waals surface area contributed by atoms with E-state index in [1.54, 1.807) is 6.07 Å². The average Bonchev–Trinajstić information content (AvgIpc) is 2.46. The molecule has 0 saturated heterocycles. The van der Waals surface area contributed by atoms with E-state index in [1.165, 1.54) is 6.07 Å². The zero-order chi connectivity index (χ0) is 15.2. The third kappa shape index (κ3) is 4.61. The number of halogens is 2. The molecule has 112 valence electrons. The van der Waals surface area contributed by atoms with Crippen LogP contribution in [0.2, 0.25) is 0 Å². The molecule has 21 heavy (non-hydrogen) atoms. The Labute approximate surface area is 133 Å². The van der Waals surface area contributed by atoms with Gasteiger partial charge in [0.15, 0.2) is 0 Å². The van der Waals surface area contributed by atoms with E-state index in [0.29, 0.717) is 0 Å². The molecule has 0 aliphatic heterocycles. The molecule has 0 amide bonds. The minimum atomic E-state index is -0.188.